The Morgan fingerprint density at radius 2 is 1.86 bits per heavy atom. The molecule has 0 heterocycles. The molecule has 0 aromatic heterocycles. The van der Waals surface area contributed by atoms with E-state index in [2.05, 4.69) is 6.92 Å². The van der Waals surface area contributed by atoms with Gasteiger partial charge < -0.3 is 23.2 Å². The molecule has 5 nitrogen and oxygen atoms in total. The van der Waals surface area contributed by atoms with Gasteiger partial charge in [-0.3, -0.25) is 14.4 Å². The quantitative estimate of drug-likeness (QED) is 0.565. The van der Waals surface area contributed by atoms with Crippen LogP contribution in [0.4, 0.5) is 0 Å². The molecular weight excluding hydrogens is 378 g/mol. The zero-order chi connectivity index (χ0) is 15.7. The Labute approximate surface area is 153 Å². The van der Waals surface area contributed by atoms with Crippen molar-refractivity contribution in [3.8, 4) is 0 Å². The Kier molecular flexibility index (Phi) is 17.2. The summed E-state index contributed by atoms with van der Waals surface area (Å²) < 4.78 is 5.05. The third-order valence-corrected chi connectivity index (χ3v) is 3.20. The summed E-state index contributed by atoms with van der Waals surface area (Å²) in [6, 6.07) is 0. The second kappa shape index (κ2) is 14.2. The van der Waals surface area contributed by atoms with E-state index < -0.39 is 18.0 Å². The molecule has 0 saturated heterocycles. The molecule has 0 bridgehead atoms. The smallest absolute Gasteiger partial charge is 0.303 e. The number of carbonyl (C=O) groups excluding carboxylic acids is 2. The number of rotatable bonds is 5. The summed E-state index contributed by atoms with van der Waals surface area (Å²) in [5.74, 6) is -1.68. The molecule has 1 N–H and O–H groups in total. The van der Waals surface area contributed by atoms with Crippen molar-refractivity contribution < 1.29 is 57.8 Å². The first-order chi connectivity index (χ1) is 9.41. The molecular formula is C15H24Co2O5-2. The van der Waals surface area contributed by atoms with Crippen molar-refractivity contribution in [2.45, 2.75) is 52.6 Å². The Hall–Kier alpha value is -0.377. The molecule has 3 unspecified atom stereocenters. The van der Waals surface area contributed by atoms with Gasteiger partial charge >= 0.3 is 11.9 Å². The minimum atomic E-state index is -0.876. The summed E-state index contributed by atoms with van der Waals surface area (Å²) in [7, 11) is 0. The average molecular weight is 402 g/mol. The standard InChI is InChI=1S/C13H19O5.C2H5.2Co/c1-8-6-7-10(4-3-5-11(15)16)12(17)13(8)18-9(2)14;1-2;;/h4,8,10,13H,3,5-7H2,1-2H3,(H,15,16);1H2,2H3;;/q2*-1;;. The van der Waals surface area contributed by atoms with Gasteiger partial charge in [0, 0.05) is 52.8 Å². The number of ether oxygens (including phenoxy) is 1. The van der Waals surface area contributed by atoms with Crippen molar-refractivity contribution in [1.82, 2.24) is 0 Å². The summed E-state index contributed by atoms with van der Waals surface area (Å²) in [5, 5.41) is 8.55. The number of carbonyl (C=O) groups is 3. The summed E-state index contributed by atoms with van der Waals surface area (Å²) in [6.07, 6.45) is 2.96. The number of ketones is 1. The normalized spacial score (nSPS) is 23.1. The van der Waals surface area contributed by atoms with E-state index in [0.717, 1.165) is 6.42 Å². The minimum absolute atomic E-state index is 0. The van der Waals surface area contributed by atoms with Crippen molar-refractivity contribution >= 4 is 17.7 Å². The van der Waals surface area contributed by atoms with Crippen molar-refractivity contribution in [2.24, 2.45) is 11.8 Å². The zero-order valence-corrected chi connectivity index (χ0v) is 15.2. The molecule has 3 atom stereocenters. The molecule has 1 fully saturated rings. The fourth-order valence-electron chi connectivity index (χ4n) is 2.22. The van der Waals surface area contributed by atoms with Crippen LogP contribution >= 0.6 is 0 Å². The van der Waals surface area contributed by atoms with Crippen molar-refractivity contribution in [1.29, 1.82) is 0 Å². The third kappa shape index (κ3) is 9.60. The SMILES string of the molecule is CC(=O)OC1C(=O)C([CH-]CCC(=O)O)CCC1C.[CH2-]C.[Co].[Co]. The molecule has 2 radical (unpaired) electrons. The predicted octanol–water partition coefficient (Wildman–Crippen LogP) is 2.44. The Morgan fingerprint density at radius 3 is 2.32 bits per heavy atom. The molecule has 1 aliphatic carbocycles. The minimum Gasteiger partial charge on any atom is -0.481 e. The molecule has 1 saturated carbocycles. The van der Waals surface area contributed by atoms with Gasteiger partial charge in [-0.05, 0) is 6.42 Å². The zero-order valence-electron chi connectivity index (χ0n) is 13.1. The number of hydrogen-bond donors (Lipinski definition) is 1. The van der Waals surface area contributed by atoms with Crippen LogP contribution in [0.15, 0.2) is 0 Å². The molecule has 22 heavy (non-hydrogen) atoms. The molecule has 1 aliphatic rings. The summed E-state index contributed by atoms with van der Waals surface area (Å²) >= 11 is 0. The van der Waals surface area contributed by atoms with Crippen LogP contribution in [0.25, 0.3) is 0 Å². The van der Waals surface area contributed by atoms with Crippen LogP contribution in [-0.4, -0.2) is 28.9 Å². The van der Waals surface area contributed by atoms with Crippen LogP contribution in [0.1, 0.15) is 46.5 Å². The van der Waals surface area contributed by atoms with Crippen molar-refractivity contribution in [3.63, 3.8) is 0 Å². The Balaban J connectivity index is -0.000000864. The second-order valence-corrected chi connectivity index (χ2v) is 4.76. The molecule has 0 amide bonds. The Morgan fingerprint density at radius 1 is 1.32 bits per heavy atom. The van der Waals surface area contributed by atoms with E-state index in [1.807, 2.05) is 6.92 Å². The van der Waals surface area contributed by atoms with Crippen LogP contribution in [0.2, 0.25) is 0 Å². The maximum Gasteiger partial charge on any atom is 0.303 e. The third-order valence-electron chi connectivity index (χ3n) is 3.20. The fraction of sp³-hybridized carbons (Fsp3) is 0.667. The van der Waals surface area contributed by atoms with Crippen LogP contribution in [-0.2, 0) is 52.7 Å². The average Bonchev–Trinajstić information content (AvgIpc) is 2.39. The van der Waals surface area contributed by atoms with Gasteiger partial charge in [-0.15, -0.1) is 5.92 Å². The number of Topliss-reactive ketones (excluding diaryl/α,β-unsaturated/α-hetero) is 1. The monoisotopic (exact) mass is 402 g/mol. The molecule has 7 heteroatoms. The molecule has 0 aromatic carbocycles. The largest absolute Gasteiger partial charge is 0.481 e. The first-order valence-electron chi connectivity index (χ1n) is 6.88. The number of hydrogen-bond acceptors (Lipinski definition) is 4. The molecule has 0 spiro atoms. The van der Waals surface area contributed by atoms with Crippen LogP contribution in [0.5, 0.6) is 0 Å². The maximum atomic E-state index is 12.1. The van der Waals surface area contributed by atoms with E-state index >= 15 is 0 Å². The number of carboxylic acid groups (broad SMARTS) is 1. The van der Waals surface area contributed by atoms with Gasteiger partial charge in [-0.1, -0.05) is 13.3 Å². The van der Waals surface area contributed by atoms with Gasteiger partial charge in [-0.25, -0.2) is 0 Å². The van der Waals surface area contributed by atoms with E-state index in [1.165, 1.54) is 6.92 Å². The Bertz CT molecular complexity index is 347. The summed E-state index contributed by atoms with van der Waals surface area (Å²) in [4.78, 5) is 33.5. The number of esters is 1. The van der Waals surface area contributed by atoms with E-state index in [9.17, 15) is 14.4 Å². The van der Waals surface area contributed by atoms with Crippen molar-refractivity contribution in [3.05, 3.63) is 13.3 Å². The molecule has 1 rings (SSSR count). The fourth-order valence-corrected chi connectivity index (χ4v) is 2.22. The van der Waals surface area contributed by atoms with E-state index in [0.29, 0.717) is 12.8 Å². The molecule has 0 aliphatic heterocycles. The first-order valence-corrected chi connectivity index (χ1v) is 6.88. The molecule has 0 aromatic rings. The van der Waals surface area contributed by atoms with Crippen LogP contribution in [0.3, 0.4) is 0 Å². The van der Waals surface area contributed by atoms with Gasteiger partial charge in [0.1, 0.15) is 5.78 Å². The molecule has 134 valence electrons. The topological polar surface area (TPSA) is 80.7 Å². The predicted molar refractivity (Wildman–Crippen MR) is 74.6 cm³/mol. The van der Waals surface area contributed by atoms with Gasteiger partial charge in [0.2, 0.25) is 0 Å². The van der Waals surface area contributed by atoms with Gasteiger partial charge in [0.25, 0.3) is 0 Å². The van der Waals surface area contributed by atoms with E-state index in [1.54, 1.807) is 13.3 Å². The van der Waals surface area contributed by atoms with Crippen LogP contribution < -0.4 is 0 Å². The first kappa shape index (κ1) is 26.5. The van der Waals surface area contributed by atoms with Gasteiger partial charge in [0.05, 0.1) is 0 Å². The van der Waals surface area contributed by atoms with E-state index in [-0.39, 0.29) is 57.6 Å². The second-order valence-electron chi connectivity index (χ2n) is 4.76. The maximum absolute atomic E-state index is 12.1. The van der Waals surface area contributed by atoms with Gasteiger partial charge in [-0.2, -0.15) is 13.3 Å². The van der Waals surface area contributed by atoms with Crippen molar-refractivity contribution in [2.75, 3.05) is 0 Å². The van der Waals surface area contributed by atoms with E-state index in [4.69, 9.17) is 9.84 Å². The summed E-state index contributed by atoms with van der Waals surface area (Å²) in [6.45, 7) is 8.18. The number of carboxylic acids is 1. The summed E-state index contributed by atoms with van der Waals surface area (Å²) in [5.41, 5.74) is 0. The van der Waals surface area contributed by atoms with Gasteiger partial charge in [0.15, 0.2) is 6.10 Å². The van der Waals surface area contributed by atoms with Crippen LogP contribution in [0, 0.1) is 25.2 Å². The number of aliphatic carboxylic acids is 1.